The third kappa shape index (κ3) is 4.68. The molecule has 0 bridgehead atoms. The summed E-state index contributed by atoms with van der Waals surface area (Å²) in [7, 11) is 0. The van der Waals surface area contributed by atoms with E-state index in [-0.39, 0.29) is 5.92 Å². The fraction of sp³-hybridized carbons (Fsp3) is 0.500. The van der Waals surface area contributed by atoms with Gasteiger partial charge in [-0.05, 0) is 41.7 Å². The summed E-state index contributed by atoms with van der Waals surface area (Å²) >= 11 is 0. The van der Waals surface area contributed by atoms with Gasteiger partial charge >= 0.3 is 0 Å². The molecule has 0 radical (unpaired) electrons. The lowest BCUT2D eigenvalue weighted by molar-refractivity contribution is -0.0316. The SMILES string of the molecule is OC1(C(CN2CCNCC2)c2cccc(-c3ccc(F)c(F)c3)c2)CCCCC1. The van der Waals surface area contributed by atoms with Crippen molar-refractivity contribution in [2.45, 2.75) is 43.6 Å². The molecule has 156 valence electrons. The fourth-order valence-corrected chi connectivity index (χ4v) is 4.86. The van der Waals surface area contributed by atoms with E-state index in [0.717, 1.165) is 69.5 Å². The number of nitrogens with zero attached hydrogens (tertiary/aromatic N) is 1. The van der Waals surface area contributed by atoms with Gasteiger partial charge in [-0.2, -0.15) is 0 Å². The lowest BCUT2D eigenvalue weighted by atomic mass is 9.72. The number of benzene rings is 2. The maximum atomic E-state index is 13.8. The predicted molar refractivity (Wildman–Crippen MR) is 112 cm³/mol. The van der Waals surface area contributed by atoms with Gasteiger partial charge in [0.25, 0.3) is 0 Å². The molecule has 0 spiro atoms. The fourth-order valence-electron chi connectivity index (χ4n) is 4.86. The lowest BCUT2D eigenvalue weighted by Crippen LogP contribution is -2.49. The number of piperazine rings is 1. The van der Waals surface area contributed by atoms with E-state index >= 15 is 0 Å². The molecule has 2 aliphatic rings. The summed E-state index contributed by atoms with van der Waals surface area (Å²) in [5, 5.41) is 15.0. The highest BCUT2D eigenvalue weighted by Crippen LogP contribution is 2.41. The lowest BCUT2D eigenvalue weighted by Gasteiger charge is -2.42. The van der Waals surface area contributed by atoms with Gasteiger partial charge in [-0.1, -0.05) is 49.6 Å². The largest absolute Gasteiger partial charge is 0.389 e. The zero-order valence-electron chi connectivity index (χ0n) is 16.8. The van der Waals surface area contributed by atoms with Crippen LogP contribution in [-0.2, 0) is 0 Å². The molecule has 0 amide bonds. The highest BCUT2D eigenvalue weighted by atomic mass is 19.2. The van der Waals surface area contributed by atoms with Gasteiger partial charge in [0.05, 0.1) is 5.60 Å². The number of hydrogen-bond acceptors (Lipinski definition) is 3. The molecular weight excluding hydrogens is 370 g/mol. The molecule has 2 aromatic rings. The standard InChI is InChI=1S/C24H30F2N2O/c25-22-8-7-19(16-23(22)26)18-5-4-6-20(15-18)21(17-28-13-11-27-12-14-28)24(29)9-2-1-3-10-24/h4-8,15-16,21,27,29H,1-3,9-14,17H2. The van der Waals surface area contributed by atoms with Crippen molar-refractivity contribution >= 4 is 0 Å². The van der Waals surface area contributed by atoms with Crippen molar-refractivity contribution in [1.29, 1.82) is 0 Å². The zero-order chi connectivity index (χ0) is 20.3. The van der Waals surface area contributed by atoms with E-state index in [1.807, 2.05) is 18.2 Å². The van der Waals surface area contributed by atoms with Gasteiger partial charge in [0.1, 0.15) is 0 Å². The van der Waals surface area contributed by atoms with Crippen LogP contribution in [0.2, 0.25) is 0 Å². The van der Waals surface area contributed by atoms with Gasteiger partial charge < -0.3 is 15.3 Å². The van der Waals surface area contributed by atoms with Gasteiger partial charge in [-0.15, -0.1) is 0 Å². The molecule has 0 aromatic heterocycles. The Hall–Kier alpha value is -1.82. The van der Waals surface area contributed by atoms with Crippen molar-refractivity contribution in [2.24, 2.45) is 0 Å². The smallest absolute Gasteiger partial charge is 0.159 e. The van der Waals surface area contributed by atoms with E-state index in [1.54, 1.807) is 6.07 Å². The predicted octanol–water partition coefficient (Wildman–Crippen LogP) is 4.32. The van der Waals surface area contributed by atoms with Crippen LogP contribution in [0.15, 0.2) is 42.5 Å². The molecule has 3 nitrogen and oxygen atoms in total. The Bertz CT molecular complexity index is 829. The van der Waals surface area contributed by atoms with E-state index < -0.39 is 17.2 Å². The minimum Gasteiger partial charge on any atom is -0.389 e. The topological polar surface area (TPSA) is 35.5 Å². The van der Waals surface area contributed by atoms with E-state index in [1.165, 1.54) is 18.6 Å². The molecule has 1 aliphatic heterocycles. The minimum absolute atomic E-state index is 0.00569. The molecule has 1 saturated heterocycles. The second-order valence-electron chi connectivity index (χ2n) is 8.52. The number of nitrogens with one attached hydrogen (secondary N) is 1. The molecule has 2 fully saturated rings. The Labute approximate surface area is 171 Å². The van der Waals surface area contributed by atoms with Crippen LogP contribution < -0.4 is 5.32 Å². The third-order valence-electron chi connectivity index (χ3n) is 6.56. The maximum absolute atomic E-state index is 13.8. The maximum Gasteiger partial charge on any atom is 0.159 e. The monoisotopic (exact) mass is 400 g/mol. The van der Waals surface area contributed by atoms with Crippen LogP contribution in [0.3, 0.4) is 0 Å². The van der Waals surface area contributed by atoms with Crippen LogP contribution in [0.4, 0.5) is 8.78 Å². The first-order valence-electron chi connectivity index (χ1n) is 10.8. The molecule has 4 rings (SSSR count). The summed E-state index contributed by atoms with van der Waals surface area (Å²) in [6.45, 7) is 4.73. The Morgan fingerprint density at radius 2 is 1.66 bits per heavy atom. The van der Waals surface area contributed by atoms with Crippen LogP contribution in [0.25, 0.3) is 11.1 Å². The second-order valence-corrected chi connectivity index (χ2v) is 8.52. The van der Waals surface area contributed by atoms with Gasteiger partial charge in [0.2, 0.25) is 0 Å². The van der Waals surface area contributed by atoms with E-state index in [9.17, 15) is 13.9 Å². The Morgan fingerprint density at radius 1 is 0.931 bits per heavy atom. The number of aliphatic hydroxyl groups is 1. The summed E-state index contributed by atoms with van der Waals surface area (Å²) in [6.07, 6.45) is 4.92. The van der Waals surface area contributed by atoms with Gasteiger partial charge in [-0.3, -0.25) is 0 Å². The highest BCUT2D eigenvalue weighted by molar-refractivity contribution is 5.64. The Kier molecular flexibility index (Phi) is 6.28. The molecule has 1 aliphatic carbocycles. The van der Waals surface area contributed by atoms with Crippen molar-refractivity contribution in [2.75, 3.05) is 32.7 Å². The van der Waals surface area contributed by atoms with Crippen molar-refractivity contribution < 1.29 is 13.9 Å². The van der Waals surface area contributed by atoms with Crippen molar-refractivity contribution in [1.82, 2.24) is 10.2 Å². The second kappa shape index (κ2) is 8.90. The van der Waals surface area contributed by atoms with E-state index in [4.69, 9.17) is 0 Å². The van der Waals surface area contributed by atoms with Crippen LogP contribution in [0.1, 0.15) is 43.6 Å². The molecule has 1 heterocycles. The summed E-state index contributed by atoms with van der Waals surface area (Å²) in [5.74, 6) is -1.67. The summed E-state index contributed by atoms with van der Waals surface area (Å²) in [5.41, 5.74) is 1.87. The molecule has 1 saturated carbocycles. The molecule has 2 N–H and O–H groups in total. The van der Waals surface area contributed by atoms with Gasteiger partial charge in [0.15, 0.2) is 11.6 Å². The van der Waals surface area contributed by atoms with Crippen LogP contribution in [0.5, 0.6) is 0 Å². The minimum atomic E-state index is -0.837. The molecule has 5 heteroatoms. The summed E-state index contributed by atoms with van der Waals surface area (Å²) in [4.78, 5) is 2.43. The van der Waals surface area contributed by atoms with Gasteiger partial charge in [0, 0.05) is 38.6 Å². The van der Waals surface area contributed by atoms with Crippen LogP contribution in [-0.4, -0.2) is 48.3 Å². The summed E-state index contributed by atoms with van der Waals surface area (Å²) < 4.78 is 27.1. The highest BCUT2D eigenvalue weighted by Gasteiger charge is 2.39. The summed E-state index contributed by atoms with van der Waals surface area (Å²) in [6, 6.07) is 12.0. The van der Waals surface area contributed by atoms with Crippen molar-refractivity contribution in [3.8, 4) is 11.1 Å². The average molecular weight is 401 g/mol. The average Bonchev–Trinajstić information content (AvgIpc) is 2.75. The third-order valence-corrected chi connectivity index (χ3v) is 6.56. The molecular formula is C24H30F2N2O. The Morgan fingerprint density at radius 3 is 2.38 bits per heavy atom. The van der Waals surface area contributed by atoms with Crippen molar-refractivity contribution in [3.05, 3.63) is 59.7 Å². The first-order valence-corrected chi connectivity index (χ1v) is 10.8. The quantitative estimate of drug-likeness (QED) is 0.785. The molecule has 2 aromatic carbocycles. The van der Waals surface area contributed by atoms with Crippen LogP contribution in [0, 0.1) is 11.6 Å². The van der Waals surface area contributed by atoms with Gasteiger partial charge in [-0.25, -0.2) is 8.78 Å². The zero-order valence-corrected chi connectivity index (χ0v) is 16.8. The van der Waals surface area contributed by atoms with E-state index in [0.29, 0.717) is 5.56 Å². The Balaban J connectivity index is 1.66. The molecule has 1 atom stereocenters. The van der Waals surface area contributed by atoms with E-state index in [2.05, 4.69) is 16.3 Å². The first kappa shape index (κ1) is 20.5. The number of halogens is 2. The number of hydrogen-bond donors (Lipinski definition) is 2. The first-order chi connectivity index (χ1) is 14.0. The normalized spacial score (nSPS) is 21.1. The number of rotatable bonds is 5. The van der Waals surface area contributed by atoms with Crippen molar-refractivity contribution in [3.63, 3.8) is 0 Å². The molecule has 29 heavy (non-hydrogen) atoms. The van der Waals surface area contributed by atoms with Crippen LogP contribution >= 0.6 is 0 Å². The molecule has 1 unspecified atom stereocenters.